The molecule has 1 aliphatic heterocycles. The lowest BCUT2D eigenvalue weighted by atomic mass is 9.62. The summed E-state index contributed by atoms with van der Waals surface area (Å²) in [5, 5.41) is 9.19. The molecule has 4 aliphatic rings. The van der Waals surface area contributed by atoms with Crippen LogP contribution < -0.4 is 0 Å². The molecule has 3 saturated carbocycles. The van der Waals surface area contributed by atoms with Crippen LogP contribution in [0.1, 0.15) is 50.5 Å². The highest BCUT2D eigenvalue weighted by Crippen LogP contribution is 2.54. The highest BCUT2D eigenvalue weighted by molar-refractivity contribution is 5.95. The summed E-state index contributed by atoms with van der Waals surface area (Å²) in [6.45, 7) is 0. The molecule has 0 amide bonds. The first kappa shape index (κ1) is 12.1. The van der Waals surface area contributed by atoms with Gasteiger partial charge in [0.15, 0.2) is 0 Å². The molecule has 0 radical (unpaired) electrons. The van der Waals surface area contributed by atoms with Crippen LogP contribution in [0.2, 0.25) is 0 Å². The zero-order valence-electron chi connectivity index (χ0n) is 12.4. The molecule has 21 heavy (non-hydrogen) atoms. The molecule has 0 unspecified atom stereocenters. The van der Waals surface area contributed by atoms with Crippen molar-refractivity contribution in [2.24, 2.45) is 10.2 Å². The molecule has 1 aromatic carbocycles. The summed E-state index contributed by atoms with van der Waals surface area (Å²) >= 11 is 0. The molecule has 3 heteroatoms. The summed E-state index contributed by atoms with van der Waals surface area (Å²) in [4.78, 5) is 0. The topological polar surface area (TPSA) is 24.7 Å². The van der Waals surface area contributed by atoms with Crippen LogP contribution in [0.3, 0.4) is 0 Å². The Morgan fingerprint density at radius 3 is 2.14 bits per heavy atom. The third-order valence-electron chi connectivity index (χ3n) is 6.03. The van der Waals surface area contributed by atoms with Gasteiger partial charge in [-0.05, 0) is 18.4 Å². The van der Waals surface area contributed by atoms with Gasteiger partial charge < -0.3 is 0 Å². The minimum absolute atomic E-state index is 0.170. The standard InChI is InChI=1S/C18H22N3/c1-2-5-14(6-3-1)18(11-4-12-18)17-20-19-13-21(17,15-7-8-15)16-9-10-16/h1-3,5-6,13,15-16H,4,7-12H2/q+1. The van der Waals surface area contributed by atoms with E-state index in [9.17, 15) is 0 Å². The van der Waals surface area contributed by atoms with Gasteiger partial charge in [0.1, 0.15) is 12.1 Å². The SMILES string of the molecule is C1=NN=C(C2(c3ccccc3)CCC2)[N+]1(C1CC1)C1CC1. The molecular formula is C18H22N3+. The van der Waals surface area contributed by atoms with Gasteiger partial charge in [-0.15, -0.1) is 0 Å². The summed E-state index contributed by atoms with van der Waals surface area (Å²) in [6.07, 6.45) is 11.4. The quantitative estimate of drug-likeness (QED) is 0.753. The average molecular weight is 280 g/mol. The molecule has 0 bridgehead atoms. The fourth-order valence-corrected chi connectivity index (χ4v) is 4.53. The van der Waals surface area contributed by atoms with Crippen LogP contribution in [0.15, 0.2) is 40.5 Å². The number of rotatable bonds is 4. The van der Waals surface area contributed by atoms with Crippen molar-refractivity contribution >= 4 is 12.2 Å². The van der Waals surface area contributed by atoms with E-state index in [1.54, 1.807) is 0 Å². The lowest BCUT2D eigenvalue weighted by Crippen LogP contribution is -2.62. The van der Waals surface area contributed by atoms with E-state index in [1.807, 2.05) is 0 Å². The Hall–Kier alpha value is -1.48. The minimum atomic E-state index is 0.170. The summed E-state index contributed by atoms with van der Waals surface area (Å²) in [6, 6.07) is 12.6. The van der Waals surface area contributed by atoms with E-state index in [1.165, 1.54) is 56.3 Å². The Balaban J connectivity index is 1.62. The molecule has 1 heterocycles. The van der Waals surface area contributed by atoms with Crippen LogP contribution in [-0.4, -0.2) is 28.7 Å². The maximum atomic E-state index is 4.74. The molecule has 0 spiro atoms. The fourth-order valence-electron chi connectivity index (χ4n) is 4.53. The second-order valence-corrected chi connectivity index (χ2v) is 7.25. The minimum Gasteiger partial charge on any atom is -0.228 e. The fraction of sp³-hybridized carbons (Fsp3) is 0.556. The summed E-state index contributed by atoms with van der Waals surface area (Å²) < 4.78 is 1.02. The van der Waals surface area contributed by atoms with Crippen LogP contribution in [0.5, 0.6) is 0 Å². The molecule has 3 nitrogen and oxygen atoms in total. The summed E-state index contributed by atoms with van der Waals surface area (Å²) in [7, 11) is 0. The number of hydrogen-bond donors (Lipinski definition) is 0. The largest absolute Gasteiger partial charge is 0.239 e. The number of benzene rings is 1. The van der Waals surface area contributed by atoms with Crippen molar-refractivity contribution in [1.29, 1.82) is 0 Å². The molecule has 5 rings (SSSR count). The molecule has 3 aliphatic carbocycles. The van der Waals surface area contributed by atoms with Crippen molar-refractivity contribution in [3.8, 4) is 0 Å². The van der Waals surface area contributed by atoms with Crippen molar-refractivity contribution in [3.63, 3.8) is 0 Å². The van der Waals surface area contributed by atoms with E-state index < -0.39 is 0 Å². The third kappa shape index (κ3) is 1.53. The van der Waals surface area contributed by atoms with Crippen LogP contribution >= 0.6 is 0 Å². The smallest absolute Gasteiger partial charge is 0.228 e. The third-order valence-corrected chi connectivity index (χ3v) is 6.03. The van der Waals surface area contributed by atoms with Crippen LogP contribution in [-0.2, 0) is 5.41 Å². The van der Waals surface area contributed by atoms with Crippen LogP contribution in [0.4, 0.5) is 0 Å². The maximum absolute atomic E-state index is 4.74. The molecule has 0 aromatic heterocycles. The van der Waals surface area contributed by atoms with Gasteiger partial charge in [0.2, 0.25) is 12.2 Å². The van der Waals surface area contributed by atoms with Gasteiger partial charge in [-0.25, -0.2) is 4.48 Å². The lowest BCUT2D eigenvalue weighted by molar-refractivity contribution is -0.767. The van der Waals surface area contributed by atoms with Crippen LogP contribution in [0.25, 0.3) is 0 Å². The lowest BCUT2D eigenvalue weighted by Gasteiger charge is -2.46. The van der Waals surface area contributed by atoms with Crippen LogP contribution in [0, 0.1) is 0 Å². The first-order valence-electron chi connectivity index (χ1n) is 8.43. The summed E-state index contributed by atoms with van der Waals surface area (Å²) in [5.74, 6) is 1.38. The van der Waals surface area contributed by atoms with Gasteiger partial charge in [0.25, 0.3) is 0 Å². The van der Waals surface area contributed by atoms with Crippen molar-refractivity contribution in [1.82, 2.24) is 0 Å². The Morgan fingerprint density at radius 2 is 1.62 bits per heavy atom. The molecule has 0 atom stereocenters. The monoisotopic (exact) mass is 280 g/mol. The highest BCUT2D eigenvalue weighted by Gasteiger charge is 2.65. The Labute approximate surface area is 126 Å². The molecule has 0 saturated heterocycles. The Bertz CT molecular complexity index is 607. The van der Waals surface area contributed by atoms with Crippen molar-refractivity contribution in [3.05, 3.63) is 35.9 Å². The highest BCUT2D eigenvalue weighted by atomic mass is 15.6. The van der Waals surface area contributed by atoms with Crippen molar-refractivity contribution in [2.75, 3.05) is 0 Å². The molecule has 1 aromatic rings. The first-order valence-corrected chi connectivity index (χ1v) is 8.43. The number of nitrogens with zero attached hydrogens (tertiary/aromatic N) is 3. The van der Waals surface area contributed by atoms with E-state index in [0.717, 1.165) is 16.6 Å². The number of hydrogen-bond acceptors (Lipinski definition) is 2. The second kappa shape index (κ2) is 4.04. The van der Waals surface area contributed by atoms with Gasteiger partial charge in [-0.3, -0.25) is 0 Å². The van der Waals surface area contributed by atoms with E-state index in [0.29, 0.717) is 0 Å². The van der Waals surface area contributed by atoms with Gasteiger partial charge >= 0.3 is 0 Å². The predicted octanol–water partition coefficient (Wildman–Crippen LogP) is 3.61. The average Bonchev–Trinajstić information content (AvgIpc) is 3.39. The van der Waals surface area contributed by atoms with Gasteiger partial charge in [0, 0.05) is 25.7 Å². The Morgan fingerprint density at radius 1 is 0.952 bits per heavy atom. The predicted molar refractivity (Wildman–Crippen MR) is 84.2 cm³/mol. The zero-order chi connectivity index (χ0) is 13.9. The van der Waals surface area contributed by atoms with E-state index in [-0.39, 0.29) is 5.41 Å². The zero-order valence-corrected chi connectivity index (χ0v) is 12.4. The van der Waals surface area contributed by atoms with E-state index in [4.69, 9.17) is 5.10 Å². The maximum Gasteiger partial charge on any atom is 0.239 e. The van der Waals surface area contributed by atoms with Crippen molar-refractivity contribution < 1.29 is 4.48 Å². The van der Waals surface area contributed by atoms with Gasteiger partial charge in [-0.1, -0.05) is 47.0 Å². The normalized spacial score (nSPS) is 29.0. The molecule has 3 fully saturated rings. The number of amidine groups is 1. The van der Waals surface area contributed by atoms with Gasteiger partial charge in [-0.2, -0.15) is 0 Å². The molecule has 108 valence electrons. The van der Waals surface area contributed by atoms with E-state index in [2.05, 4.69) is 41.8 Å². The number of quaternary nitrogens is 1. The van der Waals surface area contributed by atoms with Gasteiger partial charge in [0.05, 0.1) is 5.41 Å². The molecule has 0 N–H and O–H groups in total. The second-order valence-electron chi connectivity index (χ2n) is 7.25. The first-order chi connectivity index (χ1) is 10.4. The molecular weight excluding hydrogens is 258 g/mol. The Kier molecular flexibility index (Phi) is 2.33. The van der Waals surface area contributed by atoms with Crippen molar-refractivity contribution in [2.45, 2.75) is 62.4 Å². The van der Waals surface area contributed by atoms with E-state index >= 15 is 0 Å². The summed E-state index contributed by atoms with van der Waals surface area (Å²) in [5.41, 5.74) is 1.63.